The first-order valence-corrected chi connectivity index (χ1v) is 8.86. The fourth-order valence-electron chi connectivity index (χ4n) is 3.37. The van der Waals surface area contributed by atoms with Gasteiger partial charge >= 0.3 is 0 Å². The van der Waals surface area contributed by atoms with Crippen molar-refractivity contribution in [3.8, 4) is 0 Å². The summed E-state index contributed by atoms with van der Waals surface area (Å²) in [5.41, 5.74) is 2.57. The number of halogens is 2. The quantitative estimate of drug-likeness (QED) is 0.736. The van der Waals surface area contributed by atoms with Crippen LogP contribution in [0.1, 0.15) is 12.5 Å². The SMILES string of the molecule is C[C@H]1CN(c2c(F)cncc2NCc2cc3nccnc3cc2F)CCN1. The third-order valence-corrected chi connectivity index (χ3v) is 4.66. The predicted molar refractivity (Wildman–Crippen MR) is 101 cm³/mol. The second-order valence-electron chi connectivity index (χ2n) is 6.66. The van der Waals surface area contributed by atoms with E-state index in [0.29, 0.717) is 41.1 Å². The zero-order valence-corrected chi connectivity index (χ0v) is 14.9. The largest absolute Gasteiger partial charge is 0.378 e. The molecule has 0 saturated carbocycles. The Labute approximate surface area is 155 Å². The van der Waals surface area contributed by atoms with Gasteiger partial charge < -0.3 is 15.5 Å². The highest BCUT2D eigenvalue weighted by Gasteiger charge is 2.22. The van der Waals surface area contributed by atoms with E-state index in [0.717, 1.165) is 6.54 Å². The number of benzene rings is 1. The molecule has 1 aromatic carbocycles. The van der Waals surface area contributed by atoms with E-state index >= 15 is 0 Å². The Morgan fingerprint density at radius 1 is 1.15 bits per heavy atom. The number of pyridine rings is 1. The smallest absolute Gasteiger partial charge is 0.166 e. The highest BCUT2D eigenvalue weighted by atomic mass is 19.1. The van der Waals surface area contributed by atoms with Crippen molar-refractivity contribution in [2.24, 2.45) is 0 Å². The maximum atomic E-state index is 14.5. The number of anilines is 2. The zero-order valence-electron chi connectivity index (χ0n) is 14.9. The molecule has 2 N–H and O–H groups in total. The lowest BCUT2D eigenvalue weighted by Gasteiger charge is -2.34. The van der Waals surface area contributed by atoms with Gasteiger partial charge in [-0.15, -0.1) is 0 Å². The van der Waals surface area contributed by atoms with Crippen LogP contribution < -0.4 is 15.5 Å². The molecule has 3 heterocycles. The van der Waals surface area contributed by atoms with Gasteiger partial charge in [0, 0.05) is 56.2 Å². The molecule has 3 aromatic rings. The Morgan fingerprint density at radius 2 is 1.93 bits per heavy atom. The summed E-state index contributed by atoms with van der Waals surface area (Å²) in [7, 11) is 0. The normalized spacial score (nSPS) is 17.3. The molecule has 1 saturated heterocycles. The molecule has 0 bridgehead atoms. The number of nitrogens with one attached hydrogen (secondary N) is 2. The summed E-state index contributed by atoms with van der Waals surface area (Å²) in [4.78, 5) is 14.2. The average molecular weight is 370 g/mol. The number of aromatic nitrogens is 3. The van der Waals surface area contributed by atoms with Gasteiger partial charge in [-0.1, -0.05) is 0 Å². The van der Waals surface area contributed by atoms with Crippen molar-refractivity contribution in [2.45, 2.75) is 19.5 Å². The van der Waals surface area contributed by atoms with E-state index in [1.165, 1.54) is 18.5 Å². The zero-order chi connectivity index (χ0) is 18.8. The van der Waals surface area contributed by atoms with Crippen molar-refractivity contribution in [3.05, 3.63) is 54.1 Å². The van der Waals surface area contributed by atoms with Crippen LogP contribution in [0.4, 0.5) is 20.2 Å². The average Bonchev–Trinajstić information content (AvgIpc) is 2.66. The lowest BCUT2D eigenvalue weighted by Crippen LogP contribution is -2.49. The second kappa shape index (κ2) is 7.40. The molecule has 1 aliphatic rings. The summed E-state index contributed by atoms with van der Waals surface area (Å²) in [6, 6.07) is 3.28. The van der Waals surface area contributed by atoms with Crippen LogP contribution in [-0.4, -0.2) is 40.6 Å². The van der Waals surface area contributed by atoms with Crippen LogP contribution >= 0.6 is 0 Å². The first-order valence-electron chi connectivity index (χ1n) is 8.86. The third kappa shape index (κ3) is 3.66. The number of fused-ring (bicyclic) bond motifs is 1. The summed E-state index contributed by atoms with van der Waals surface area (Å²) in [6.45, 7) is 4.41. The molecule has 140 valence electrons. The van der Waals surface area contributed by atoms with Crippen LogP contribution in [-0.2, 0) is 6.54 Å². The van der Waals surface area contributed by atoms with E-state index in [1.807, 2.05) is 4.90 Å². The molecular weight excluding hydrogens is 350 g/mol. The van der Waals surface area contributed by atoms with Crippen molar-refractivity contribution in [3.63, 3.8) is 0 Å². The van der Waals surface area contributed by atoms with Crippen LogP contribution in [0.2, 0.25) is 0 Å². The standard InChI is InChI=1S/C19H20F2N6/c1-12-11-27(5-4-23-12)19-15(21)9-22-10-18(19)26-8-13-6-16-17(7-14(13)20)25-3-2-24-16/h2-3,6-7,9-10,12,23,26H,4-5,8,11H2,1H3/t12-/m0/s1. The molecule has 2 aromatic heterocycles. The van der Waals surface area contributed by atoms with E-state index in [1.54, 1.807) is 18.5 Å². The molecule has 6 nitrogen and oxygen atoms in total. The summed E-state index contributed by atoms with van der Waals surface area (Å²) in [5, 5.41) is 6.48. The van der Waals surface area contributed by atoms with Gasteiger partial charge in [0.05, 0.1) is 34.8 Å². The highest BCUT2D eigenvalue weighted by molar-refractivity contribution is 5.75. The maximum Gasteiger partial charge on any atom is 0.166 e. The second-order valence-corrected chi connectivity index (χ2v) is 6.66. The van der Waals surface area contributed by atoms with E-state index in [-0.39, 0.29) is 24.2 Å². The fourth-order valence-corrected chi connectivity index (χ4v) is 3.37. The van der Waals surface area contributed by atoms with Gasteiger partial charge in [-0.2, -0.15) is 0 Å². The molecule has 1 fully saturated rings. The molecule has 0 radical (unpaired) electrons. The summed E-state index contributed by atoms with van der Waals surface area (Å²) in [6.07, 6.45) is 5.87. The van der Waals surface area contributed by atoms with Crippen LogP contribution in [0.25, 0.3) is 11.0 Å². The van der Waals surface area contributed by atoms with E-state index < -0.39 is 0 Å². The first-order chi connectivity index (χ1) is 13.1. The minimum atomic E-state index is -0.390. The van der Waals surface area contributed by atoms with Gasteiger partial charge in [0.25, 0.3) is 0 Å². The first kappa shape index (κ1) is 17.5. The summed E-state index contributed by atoms with van der Waals surface area (Å²) in [5.74, 6) is -0.767. The number of piperazine rings is 1. The van der Waals surface area contributed by atoms with Gasteiger partial charge in [-0.05, 0) is 13.0 Å². The van der Waals surface area contributed by atoms with E-state index in [2.05, 4.69) is 32.5 Å². The van der Waals surface area contributed by atoms with Gasteiger partial charge in [-0.25, -0.2) is 8.78 Å². The molecule has 27 heavy (non-hydrogen) atoms. The van der Waals surface area contributed by atoms with Gasteiger partial charge in [0.2, 0.25) is 0 Å². The van der Waals surface area contributed by atoms with Crippen LogP contribution in [0.15, 0.2) is 36.9 Å². The Balaban J connectivity index is 1.60. The van der Waals surface area contributed by atoms with Crippen molar-refractivity contribution in [2.75, 3.05) is 29.9 Å². The van der Waals surface area contributed by atoms with E-state index in [4.69, 9.17) is 0 Å². The third-order valence-electron chi connectivity index (χ3n) is 4.66. The van der Waals surface area contributed by atoms with Crippen molar-refractivity contribution in [1.82, 2.24) is 20.3 Å². The summed E-state index contributed by atoms with van der Waals surface area (Å²) >= 11 is 0. The van der Waals surface area contributed by atoms with Crippen molar-refractivity contribution in [1.29, 1.82) is 0 Å². The molecule has 1 aliphatic heterocycles. The molecule has 0 aliphatic carbocycles. The van der Waals surface area contributed by atoms with Gasteiger partial charge in [0.1, 0.15) is 5.82 Å². The molecular formula is C19H20F2N6. The van der Waals surface area contributed by atoms with Gasteiger partial charge in [0.15, 0.2) is 5.82 Å². The lowest BCUT2D eigenvalue weighted by atomic mass is 10.1. The molecule has 4 rings (SSSR count). The number of hydrogen-bond donors (Lipinski definition) is 2. The fraction of sp³-hybridized carbons (Fsp3) is 0.316. The Hall–Kier alpha value is -2.87. The molecule has 0 spiro atoms. The van der Waals surface area contributed by atoms with Crippen LogP contribution in [0, 0.1) is 11.6 Å². The Morgan fingerprint density at radius 3 is 2.70 bits per heavy atom. The topological polar surface area (TPSA) is 66.0 Å². The number of nitrogens with zero attached hydrogens (tertiary/aromatic N) is 4. The molecule has 0 unspecified atom stereocenters. The highest BCUT2D eigenvalue weighted by Crippen LogP contribution is 2.30. The minimum absolute atomic E-state index is 0.193. The van der Waals surface area contributed by atoms with Crippen molar-refractivity contribution >= 4 is 22.4 Å². The Kier molecular flexibility index (Phi) is 4.81. The lowest BCUT2D eigenvalue weighted by molar-refractivity contribution is 0.478. The monoisotopic (exact) mass is 370 g/mol. The molecule has 8 heteroatoms. The summed E-state index contributed by atoms with van der Waals surface area (Å²) < 4.78 is 28.9. The van der Waals surface area contributed by atoms with Crippen LogP contribution in [0.3, 0.4) is 0 Å². The van der Waals surface area contributed by atoms with E-state index in [9.17, 15) is 8.78 Å². The number of rotatable bonds is 4. The van der Waals surface area contributed by atoms with Crippen molar-refractivity contribution < 1.29 is 8.78 Å². The predicted octanol–water partition coefficient (Wildman–Crippen LogP) is 2.71. The van der Waals surface area contributed by atoms with Gasteiger partial charge in [-0.3, -0.25) is 15.0 Å². The minimum Gasteiger partial charge on any atom is -0.378 e. The maximum absolute atomic E-state index is 14.5. The number of hydrogen-bond acceptors (Lipinski definition) is 6. The molecule has 1 atom stereocenters. The molecule has 0 amide bonds. The van der Waals surface area contributed by atoms with Crippen LogP contribution in [0.5, 0.6) is 0 Å². The Bertz CT molecular complexity index is 964.